The summed E-state index contributed by atoms with van der Waals surface area (Å²) >= 11 is 0. The normalized spacial score (nSPS) is 14.1. The highest BCUT2D eigenvalue weighted by atomic mass is 28.4. The van der Waals surface area contributed by atoms with Gasteiger partial charge in [0, 0.05) is 0 Å². The van der Waals surface area contributed by atoms with E-state index >= 15 is 0 Å². The Morgan fingerprint density at radius 2 is 1.75 bits per heavy atom. The van der Waals surface area contributed by atoms with Crippen molar-refractivity contribution < 1.29 is 0 Å². The molecule has 1 aromatic carbocycles. The minimum absolute atomic E-state index is 0.306. The lowest BCUT2D eigenvalue weighted by molar-refractivity contribution is 0.837. The van der Waals surface area contributed by atoms with Crippen LogP contribution in [0.2, 0.25) is 32.2 Å². The van der Waals surface area contributed by atoms with Gasteiger partial charge in [0.1, 0.15) is 17.2 Å². The number of hydrogen-bond donors (Lipinski definition) is 1. The summed E-state index contributed by atoms with van der Waals surface area (Å²) in [6.45, 7) is 11.9. The van der Waals surface area contributed by atoms with Crippen molar-refractivity contribution in [3.8, 4) is 0 Å². The van der Waals surface area contributed by atoms with E-state index in [1.165, 1.54) is 11.6 Å². The highest BCUT2D eigenvalue weighted by Crippen LogP contribution is 2.24. The zero-order chi connectivity index (χ0) is 12.2. The van der Waals surface area contributed by atoms with Gasteiger partial charge in [-0.2, -0.15) is 0 Å². The van der Waals surface area contributed by atoms with Gasteiger partial charge in [-0.15, -0.1) is 0 Å². The second-order valence-corrected chi connectivity index (χ2v) is 12.7. The molecule has 1 N–H and O–H groups in total. The van der Waals surface area contributed by atoms with Gasteiger partial charge >= 0.3 is 0 Å². The van der Waals surface area contributed by atoms with E-state index in [0.717, 1.165) is 0 Å². The van der Waals surface area contributed by atoms with E-state index in [0.29, 0.717) is 5.92 Å². The van der Waals surface area contributed by atoms with E-state index in [1.54, 1.807) is 0 Å². The Labute approximate surface area is 103 Å². The molecule has 0 amide bonds. The van der Waals surface area contributed by atoms with E-state index in [-0.39, 0.29) is 8.96 Å². The number of benzene rings is 1. The fourth-order valence-electron chi connectivity index (χ4n) is 2.39. The quantitative estimate of drug-likeness (QED) is 0.783. The Hall–Kier alpha value is -0.386. The maximum Gasteiger partial charge on any atom is 0.119 e. The topological polar surface area (TPSA) is 12.0 Å². The number of hydrogen-bond acceptors (Lipinski definition) is 1. The fourth-order valence-corrected chi connectivity index (χ4v) is 9.98. The summed E-state index contributed by atoms with van der Waals surface area (Å²) in [5, 5.41) is 0. The molecule has 0 saturated heterocycles. The molecule has 1 nitrogen and oxygen atoms in total. The maximum atomic E-state index is 3.86. The molecule has 0 aliphatic heterocycles. The number of rotatable bonds is 5. The van der Waals surface area contributed by atoms with Crippen LogP contribution < -0.4 is 4.65 Å². The maximum absolute atomic E-state index is 3.86. The van der Waals surface area contributed by atoms with Crippen LogP contribution in [0.4, 0.5) is 0 Å². The first-order chi connectivity index (χ1) is 7.41. The van der Waals surface area contributed by atoms with Crippen LogP contribution in [0.15, 0.2) is 30.3 Å². The summed E-state index contributed by atoms with van der Waals surface area (Å²) in [6.07, 6.45) is 0. The molecule has 89 valence electrons. The van der Waals surface area contributed by atoms with Gasteiger partial charge < -0.3 is 4.65 Å². The van der Waals surface area contributed by atoms with Gasteiger partial charge in [0.05, 0.1) is 0 Å². The molecule has 0 heterocycles. The molecule has 3 heteroatoms. The Kier molecular flexibility index (Phi) is 4.96. The first kappa shape index (κ1) is 13.7. The van der Waals surface area contributed by atoms with Crippen LogP contribution in [0, 0.1) is 0 Å². The molecular weight excluding hydrogens is 226 g/mol. The SMILES string of the molecule is CC(C[Si](C)(C)N[Si](C)C)c1ccccc1. The largest absolute Gasteiger partial charge is 0.360 e. The van der Waals surface area contributed by atoms with Crippen LogP contribution in [0.25, 0.3) is 0 Å². The van der Waals surface area contributed by atoms with Crippen LogP contribution in [-0.2, 0) is 0 Å². The first-order valence-corrected chi connectivity index (χ1v) is 11.7. The molecule has 0 fully saturated rings. The zero-order valence-corrected chi connectivity index (χ0v) is 13.2. The fraction of sp³-hybridized carbons (Fsp3) is 0.538. The van der Waals surface area contributed by atoms with E-state index < -0.39 is 8.24 Å². The lowest BCUT2D eigenvalue weighted by Crippen LogP contribution is -2.51. The molecule has 16 heavy (non-hydrogen) atoms. The van der Waals surface area contributed by atoms with Crippen LogP contribution in [0.1, 0.15) is 18.4 Å². The smallest absolute Gasteiger partial charge is 0.119 e. The summed E-state index contributed by atoms with van der Waals surface area (Å²) in [5.41, 5.74) is 1.48. The van der Waals surface area contributed by atoms with Crippen molar-refractivity contribution in [3.63, 3.8) is 0 Å². The molecule has 1 unspecified atom stereocenters. The minimum Gasteiger partial charge on any atom is -0.360 e. The van der Waals surface area contributed by atoms with Gasteiger partial charge in [-0.1, -0.05) is 63.4 Å². The van der Waals surface area contributed by atoms with Gasteiger partial charge in [-0.25, -0.2) is 0 Å². The standard InChI is InChI=1S/C13H24NSi2/c1-12(13-9-7-6-8-10-13)11-16(4,5)14-15(2)3/h6-10,12,14H,11H2,1-5H3. The zero-order valence-electron chi connectivity index (χ0n) is 11.2. The van der Waals surface area contributed by atoms with Crippen LogP contribution in [0.3, 0.4) is 0 Å². The predicted octanol–water partition coefficient (Wildman–Crippen LogP) is 3.84. The van der Waals surface area contributed by atoms with Gasteiger partial charge in [0.25, 0.3) is 0 Å². The summed E-state index contributed by atoms with van der Waals surface area (Å²) < 4.78 is 3.86. The lowest BCUT2D eigenvalue weighted by atomic mass is 10.0. The van der Waals surface area contributed by atoms with Crippen LogP contribution in [0.5, 0.6) is 0 Å². The third-order valence-corrected chi connectivity index (χ3v) is 9.11. The van der Waals surface area contributed by atoms with Crippen molar-refractivity contribution in [2.45, 2.75) is 45.1 Å². The van der Waals surface area contributed by atoms with Gasteiger partial charge in [-0.05, 0) is 17.5 Å². The van der Waals surface area contributed by atoms with Gasteiger partial charge in [0.15, 0.2) is 0 Å². The van der Waals surface area contributed by atoms with Gasteiger partial charge in [-0.3, -0.25) is 0 Å². The van der Waals surface area contributed by atoms with Crippen molar-refractivity contribution in [2.75, 3.05) is 0 Å². The second-order valence-electron chi connectivity index (χ2n) is 5.52. The average Bonchev–Trinajstić information content (AvgIpc) is 2.16. The van der Waals surface area contributed by atoms with E-state index in [2.05, 4.69) is 68.1 Å². The molecule has 1 atom stereocenters. The molecule has 0 bridgehead atoms. The Morgan fingerprint density at radius 3 is 2.25 bits per heavy atom. The molecule has 0 aromatic heterocycles. The van der Waals surface area contributed by atoms with E-state index in [4.69, 9.17) is 0 Å². The first-order valence-electron chi connectivity index (χ1n) is 6.04. The number of nitrogens with one attached hydrogen (secondary N) is 1. The van der Waals surface area contributed by atoms with Crippen molar-refractivity contribution in [2.24, 2.45) is 0 Å². The Morgan fingerprint density at radius 1 is 1.19 bits per heavy atom. The second kappa shape index (κ2) is 5.80. The molecule has 0 aliphatic carbocycles. The molecule has 0 aliphatic rings. The Balaban J connectivity index is 2.60. The monoisotopic (exact) mass is 250 g/mol. The molecular formula is C13H24NSi2. The molecule has 0 spiro atoms. The van der Waals surface area contributed by atoms with Crippen molar-refractivity contribution in [1.29, 1.82) is 0 Å². The van der Waals surface area contributed by atoms with Crippen molar-refractivity contribution in [1.82, 2.24) is 4.65 Å². The highest BCUT2D eigenvalue weighted by molar-refractivity contribution is 6.83. The molecule has 0 saturated carbocycles. The summed E-state index contributed by atoms with van der Waals surface area (Å²) in [5.74, 6) is 0.678. The molecule has 1 radical (unpaired) electrons. The third kappa shape index (κ3) is 4.64. The highest BCUT2D eigenvalue weighted by Gasteiger charge is 2.24. The summed E-state index contributed by atoms with van der Waals surface area (Å²) in [4.78, 5) is 0. The van der Waals surface area contributed by atoms with Gasteiger partial charge in [0.2, 0.25) is 0 Å². The van der Waals surface area contributed by atoms with Crippen molar-refractivity contribution >= 4 is 17.2 Å². The van der Waals surface area contributed by atoms with Crippen molar-refractivity contribution in [3.05, 3.63) is 35.9 Å². The summed E-state index contributed by atoms with van der Waals surface area (Å²) in [7, 11) is -1.52. The van der Waals surface area contributed by atoms with Crippen LogP contribution in [-0.4, -0.2) is 17.2 Å². The van der Waals surface area contributed by atoms with E-state index in [9.17, 15) is 0 Å². The van der Waals surface area contributed by atoms with Crippen LogP contribution >= 0.6 is 0 Å². The minimum atomic E-state index is -1.22. The predicted molar refractivity (Wildman–Crippen MR) is 77.8 cm³/mol. The summed E-state index contributed by atoms with van der Waals surface area (Å²) in [6, 6.07) is 12.2. The molecule has 1 aromatic rings. The lowest BCUT2D eigenvalue weighted by Gasteiger charge is -2.29. The van der Waals surface area contributed by atoms with E-state index in [1.807, 2.05) is 0 Å². The average molecular weight is 251 g/mol. The molecule has 1 rings (SSSR count). The third-order valence-electron chi connectivity index (χ3n) is 2.77. The Bertz CT molecular complexity index is 309.